The van der Waals surface area contributed by atoms with Crippen LogP contribution in [-0.2, 0) is 0 Å². The molecule has 0 aliphatic rings. The smallest absolute Gasteiger partial charge is 0.142 e. The lowest BCUT2D eigenvalue weighted by molar-refractivity contribution is 0.478. The van der Waals surface area contributed by atoms with Crippen LogP contribution in [0.2, 0.25) is 5.02 Å². The summed E-state index contributed by atoms with van der Waals surface area (Å²) >= 11 is 5.44. The summed E-state index contributed by atoms with van der Waals surface area (Å²) in [6.07, 6.45) is 1.42. The van der Waals surface area contributed by atoms with Crippen molar-refractivity contribution < 1.29 is 13.2 Å². The number of furan rings is 1. The fourth-order valence-corrected chi connectivity index (χ4v) is 1.55. The van der Waals surface area contributed by atoms with Gasteiger partial charge in [0.15, 0.2) is 0 Å². The lowest BCUT2D eigenvalue weighted by Crippen LogP contribution is -2.13. The van der Waals surface area contributed by atoms with E-state index in [2.05, 4.69) is 0 Å². The Morgan fingerprint density at radius 2 is 2.00 bits per heavy atom. The Balaban J connectivity index is 2.44. The van der Waals surface area contributed by atoms with Gasteiger partial charge in [-0.05, 0) is 24.3 Å². The highest BCUT2D eigenvalue weighted by Crippen LogP contribution is 2.26. The molecule has 0 amide bonds. The molecular formula is C11H8ClF2NO. The normalized spacial score (nSPS) is 12.8. The van der Waals surface area contributed by atoms with Crippen molar-refractivity contribution in [2.24, 2.45) is 5.73 Å². The summed E-state index contributed by atoms with van der Waals surface area (Å²) in [4.78, 5) is 0. The van der Waals surface area contributed by atoms with E-state index in [-0.39, 0.29) is 10.6 Å². The van der Waals surface area contributed by atoms with E-state index >= 15 is 0 Å². The summed E-state index contributed by atoms with van der Waals surface area (Å²) < 4.78 is 31.7. The van der Waals surface area contributed by atoms with Gasteiger partial charge < -0.3 is 10.2 Å². The Morgan fingerprint density at radius 3 is 2.62 bits per heavy atom. The molecule has 5 heteroatoms. The molecule has 0 bridgehead atoms. The van der Waals surface area contributed by atoms with Crippen molar-refractivity contribution in [3.05, 3.63) is 58.5 Å². The van der Waals surface area contributed by atoms with Gasteiger partial charge in [0.05, 0.1) is 17.3 Å². The number of benzene rings is 1. The van der Waals surface area contributed by atoms with E-state index in [1.54, 1.807) is 12.1 Å². The summed E-state index contributed by atoms with van der Waals surface area (Å²) in [6, 6.07) is 4.25. The minimum absolute atomic E-state index is 0.0110. The molecule has 0 radical (unpaired) electrons. The van der Waals surface area contributed by atoms with E-state index in [1.807, 2.05) is 0 Å². The Kier molecular flexibility index (Phi) is 2.94. The third kappa shape index (κ3) is 1.94. The topological polar surface area (TPSA) is 39.2 Å². The van der Waals surface area contributed by atoms with Gasteiger partial charge in [-0.2, -0.15) is 0 Å². The zero-order valence-electron chi connectivity index (χ0n) is 8.08. The first-order valence-electron chi connectivity index (χ1n) is 4.53. The van der Waals surface area contributed by atoms with Crippen molar-refractivity contribution in [1.82, 2.24) is 0 Å². The molecule has 0 saturated carbocycles. The average molecular weight is 244 g/mol. The first-order chi connectivity index (χ1) is 7.59. The van der Waals surface area contributed by atoms with Gasteiger partial charge in [0.1, 0.15) is 17.4 Å². The predicted molar refractivity (Wildman–Crippen MR) is 56.1 cm³/mol. The summed E-state index contributed by atoms with van der Waals surface area (Å²) in [7, 11) is 0. The zero-order chi connectivity index (χ0) is 11.7. The number of hydrogen-bond acceptors (Lipinski definition) is 2. The maximum absolute atomic E-state index is 13.5. The first kappa shape index (κ1) is 11.1. The van der Waals surface area contributed by atoms with Crippen LogP contribution in [0.5, 0.6) is 0 Å². The van der Waals surface area contributed by atoms with E-state index in [9.17, 15) is 8.78 Å². The van der Waals surface area contributed by atoms with Gasteiger partial charge in [-0.15, -0.1) is 0 Å². The zero-order valence-corrected chi connectivity index (χ0v) is 8.84. The number of hydrogen-bond donors (Lipinski definition) is 1. The van der Waals surface area contributed by atoms with Crippen molar-refractivity contribution in [3.63, 3.8) is 0 Å². The SMILES string of the molecule is NC(c1ccco1)c1cc(F)c(Cl)cc1F. The van der Waals surface area contributed by atoms with Crippen molar-refractivity contribution in [2.75, 3.05) is 0 Å². The second-order valence-electron chi connectivity index (χ2n) is 3.28. The minimum Gasteiger partial charge on any atom is -0.467 e. The molecule has 0 spiro atoms. The van der Waals surface area contributed by atoms with Crippen molar-refractivity contribution >= 4 is 11.6 Å². The quantitative estimate of drug-likeness (QED) is 0.823. The Bertz CT molecular complexity index is 499. The monoisotopic (exact) mass is 243 g/mol. The molecule has 1 aromatic carbocycles. The van der Waals surface area contributed by atoms with E-state index in [4.69, 9.17) is 21.8 Å². The van der Waals surface area contributed by atoms with Crippen LogP contribution in [0.25, 0.3) is 0 Å². The number of halogens is 3. The summed E-state index contributed by atoms with van der Waals surface area (Å²) in [6.45, 7) is 0. The van der Waals surface area contributed by atoms with Crippen LogP contribution in [0, 0.1) is 11.6 Å². The summed E-state index contributed by atoms with van der Waals surface area (Å²) in [5, 5.41) is -0.270. The van der Waals surface area contributed by atoms with Crippen LogP contribution in [0.15, 0.2) is 34.9 Å². The molecule has 0 aliphatic heterocycles. The highest BCUT2D eigenvalue weighted by Gasteiger charge is 2.18. The second kappa shape index (κ2) is 4.23. The average Bonchev–Trinajstić information content (AvgIpc) is 2.75. The van der Waals surface area contributed by atoms with Gasteiger partial charge in [-0.3, -0.25) is 0 Å². The fourth-order valence-electron chi connectivity index (χ4n) is 1.40. The number of rotatable bonds is 2. The molecule has 1 aromatic heterocycles. The molecule has 0 fully saturated rings. The molecule has 0 aliphatic carbocycles. The lowest BCUT2D eigenvalue weighted by Gasteiger charge is -2.10. The molecule has 2 N–H and O–H groups in total. The molecule has 1 heterocycles. The minimum atomic E-state index is -0.846. The first-order valence-corrected chi connectivity index (χ1v) is 4.91. The van der Waals surface area contributed by atoms with Gasteiger partial charge in [-0.1, -0.05) is 11.6 Å². The van der Waals surface area contributed by atoms with Gasteiger partial charge in [0.25, 0.3) is 0 Å². The van der Waals surface area contributed by atoms with Crippen LogP contribution < -0.4 is 5.73 Å². The van der Waals surface area contributed by atoms with Gasteiger partial charge >= 0.3 is 0 Å². The molecule has 2 rings (SSSR count). The highest BCUT2D eigenvalue weighted by molar-refractivity contribution is 6.30. The van der Waals surface area contributed by atoms with Crippen molar-refractivity contribution in [2.45, 2.75) is 6.04 Å². The Morgan fingerprint density at radius 1 is 1.25 bits per heavy atom. The second-order valence-corrected chi connectivity index (χ2v) is 3.69. The standard InChI is InChI=1S/C11H8ClF2NO/c12-7-5-8(13)6(4-9(7)14)11(15)10-2-1-3-16-10/h1-5,11H,15H2. The lowest BCUT2D eigenvalue weighted by atomic mass is 10.0. The highest BCUT2D eigenvalue weighted by atomic mass is 35.5. The predicted octanol–water partition coefficient (Wildman–Crippen LogP) is 3.26. The van der Waals surface area contributed by atoms with E-state index in [0.29, 0.717) is 5.76 Å². The van der Waals surface area contributed by atoms with Crippen molar-refractivity contribution in [1.29, 1.82) is 0 Å². The van der Waals surface area contributed by atoms with Crippen molar-refractivity contribution in [3.8, 4) is 0 Å². The third-order valence-corrected chi connectivity index (χ3v) is 2.51. The third-order valence-electron chi connectivity index (χ3n) is 2.22. The fraction of sp³-hybridized carbons (Fsp3) is 0.0909. The molecule has 1 atom stereocenters. The Hall–Kier alpha value is -1.39. The van der Waals surface area contributed by atoms with Crippen LogP contribution >= 0.6 is 11.6 Å². The maximum Gasteiger partial charge on any atom is 0.142 e. The number of nitrogens with two attached hydrogens (primary N) is 1. The molecule has 84 valence electrons. The van der Waals surface area contributed by atoms with Crippen LogP contribution in [0.1, 0.15) is 17.4 Å². The molecule has 1 unspecified atom stereocenters. The molecule has 2 nitrogen and oxygen atoms in total. The van der Waals surface area contributed by atoms with Gasteiger partial charge in [0.2, 0.25) is 0 Å². The summed E-state index contributed by atoms with van der Waals surface area (Å²) in [5.41, 5.74) is 5.75. The van der Waals surface area contributed by atoms with E-state index in [0.717, 1.165) is 12.1 Å². The molecule has 0 saturated heterocycles. The Labute approximate surface area is 95.6 Å². The van der Waals surface area contributed by atoms with E-state index in [1.165, 1.54) is 6.26 Å². The van der Waals surface area contributed by atoms with E-state index < -0.39 is 17.7 Å². The molecular weight excluding hydrogens is 236 g/mol. The maximum atomic E-state index is 13.5. The molecule has 16 heavy (non-hydrogen) atoms. The molecule has 2 aromatic rings. The van der Waals surface area contributed by atoms with Crippen LogP contribution in [0.3, 0.4) is 0 Å². The van der Waals surface area contributed by atoms with Gasteiger partial charge in [0, 0.05) is 5.56 Å². The van der Waals surface area contributed by atoms with Crippen LogP contribution in [0.4, 0.5) is 8.78 Å². The van der Waals surface area contributed by atoms with Gasteiger partial charge in [-0.25, -0.2) is 8.78 Å². The largest absolute Gasteiger partial charge is 0.467 e. The summed E-state index contributed by atoms with van der Waals surface area (Å²) in [5.74, 6) is -1.00. The van der Waals surface area contributed by atoms with Crippen LogP contribution in [-0.4, -0.2) is 0 Å².